The number of hydrogen-bond donors (Lipinski definition) is 0. The number of rotatable bonds is 6. The van der Waals surface area contributed by atoms with E-state index < -0.39 is 0 Å². The van der Waals surface area contributed by atoms with Crippen LogP contribution < -0.4 is 4.90 Å². The minimum atomic E-state index is -0.187. The molecule has 1 aromatic rings. The highest BCUT2D eigenvalue weighted by atomic mass is 35.5. The third-order valence-electron chi connectivity index (χ3n) is 2.68. The molecule has 0 N–H and O–H groups in total. The van der Waals surface area contributed by atoms with E-state index in [-0.39, 0.29) is 11.3 Å². The van der Waals surface area contributed by atoms with Gasteiger partial charge in [-0.3, -0.25) is 4.79 Å². The second kappa shape index (κ2) is 7.27. The van der Waals surface area contributed by atoms with Crippen LogP contribution in [-0.2, 0) is 9.53 Å². The molecule has 0 aliphatic heterocycles. The topological polar surface area (TPSA) is 29.5 Å². The van der Waals surface area contributed by atoms with E-state index in [1.54, 1.807) is 6.92 Å². The molecule has 0 bridgehead atoms. The number of carbonyl (C=O) groups is 1. The summed E-state index contributed by atoms with van der Waals surface area (Å²) in [7, 11) is 3.99. The van der Waals surface area contributed by atoms with Gasteiger partial charge in [-0.15, -0.1) is 11.6 Å². The van der Waals surface area contributed by atoms with Crippen molar-refractivity contribution in [1.82, 2.24) is 0 Å². The number of alkyl halides is 1. The summed E-state index contributed by atoms with van der Waals surface area (Å²) in [4.78, 5) is 13.3. The fourth-order valence-corrected chi connectivity index (χ4v) is 1.88. The van der Waals surface area contributed by atoms with Crippen LogP contribution in [0, 0.1) is 0 Å². The summed E-state index contributed by atoms with van der Waals surface area (Å²) in [6.07, 6.45) is 0.957. The van der Waals surface area contributed by atoms with Crippen LogP contribution in [0.1, 0.15) is 30.7 Å². The van der Waals surface area contributed by atoms with Crippen LogP contribution >= 0.6 is 11.6 Å². The van der Waals surface area contributed by atoms with E-state index in [4.69, 9.17) is 16.3 Å². The first kappa shape index (κ1) is 14.8. The minimum absolute atomic E-state index is 0.148. The lowest BCUT2D eigenvalue weighted by atomic mass is 10.1. The molecule has 100 valence electrons. The first-order valence-electron chi connectivity index (χ1n) is 6.11. The SMILES string of the molecule is CCOC(=O)CCC(Cl)c1ccc(N(C)C)cc1. The van der Waals surface area contributed by atoms with E-state index in [2.05, 4.69) is 0 Å². The molecule has 0 radical (unpaired) electrons. The van der Waals surface area contributed by atoms with Gasteiger partial charge in [-0.25, -0.2) is 0 Å². The van der Waals surface area contributed by atoms with Gasteiger partial charge in [-0.05, 0) is 31.0 Å². The zero-order chi connectivity index (χ0) is 13.5. The van der Waals surface area contributed by atoms with Crippen LogP contribution in [0.5, 0.6) is 0 Å². The first-order chi connectivity index (χ1) is 8.54. The van der Waals surface area contributed by atoms with Crippen LogP contribution in [0.2, 0.25) is 0 Å². The maximum absolute atomic E-state index is 11.2. The highest BCUT2D eigenvalue weighted by Crippen LogP contribution is 2.27. The Morgan fingerprint density at radius 1 is 1.33 bits per heavy atom. The van der Waals surface area contributed by atoms with Crippen molar-refractivity contribution in [2.75, 3.05) is 25.6 Å². The third-order valence-corrected chi connectivity index (χ3v) is 3.15. The molecule has 0 spiro atoms. The molecule has 18 heavy (non-hydrogen) atoms. The number of anilines is 1. The number of esters is 1. The van der Waals surface area contributed by atoms with Crippen LogP contribution in [0.3, 0.4) is 0 Å². The largest absolute Gasteiger partial charge is 0.466 e. The van der Waals surface area contributed by atoms with Gasteiger partial charge in [0.1, 0.15) is 0 Å². The van der Waals surface area contributed by atoms with Crippen molar-refractivity contribution in [1.29, 1.82) is 0 Å². The lowest BCUT2D eigenvalue weighted by molar-refractivity contribution is -0.143. The summed E-state index contributed by atoms with van der Waals surface area (Å²) in [6.45, 7) is 2.22. The van der Waals surface area contributed by atoms with Crippen LogP contribution in [-0.4, -0.2) is 26.7 Å². The van der Waals surface area contributed by atoms with E-state index in [1.807, 2.05) is 43.3 Å². The molecular formula is C14H20ClNO2. The van der Waals surface area contributed by atoms with E-state index >= 15 is 0 Å². The number of ether oxygens (including phenoxy) is 1. The van der Waals surface area contributed by atoms with Gasteiger partial charge in [0.2, 0.25) is 0 Å². The number of halogens is 1. The maximum Gasteiger partial charge on any atom is 0.305 e. The summed E-state index contributed by atoms with van der Waals surface area (Å²) in [5, 5.41) is -0.148. The van der Waals surface area contributed by atoms with Crippen molar-refractivity contribution in [3.05, 3.63) is 29.8 Å². The smallest absolute Gasteiger partial charge is 0.305 e. The lowest BCUT2D eigenvalue weighted by Crippen LogP contribution is -2.08. The summed E-state index contributed by atoms with van der Waals surface area (Å²) >= 11 is 6.26. The predicted octanol–water partition coefficient (Wildman–Crippen LogP) is 3.38. The molecular weight excluding hydrogens is 250 g/mol. The van der Waals surface area contributed by atoms with Crippen LogP contribution in [0.25, 0.3) is 0 Å². The number of carbonyl (C=O) groups excluding carboxylic acids is 1. The highest BCUT2D eigenvalue weighted by molar-refractivity contribution is 6.20. The van der Waals surface area contributed by atoms with E-state index in [9.17, 15) is 4.79 Å². The molecule has 1 unspecified atom stereocenters. The Bertz CT molecular complexity index is 376. The van der Waals surface area contributed by atoms with Gasteiger partial charge in [-0.1, -0.05) is 12.1 Å². The van der Waals surface area contributed by atoms with Gasteiger partial charge in [0, 0.05) is 26.2 Å². The molecule has 3 nitrogen and oxygen atoms in total. The summed E-state index contributed by atoms with van der Waals surface area (Å²) < 4.78 is 4.87. The molecule has 0 aromatic heterocycles. The van der Waals surface area contributed by atoms with E-state index in [1.165, 1.54) is 0 Å². The van der Waals surface area contributed by atoms with Gasteiger partial charge >= 0.3 is 5.97 Å². The van der Waals surface area contributed by atoms with Gasteiger partial charge < -0.3 is 9.64 Å². The lowest BCUT2D eigenvalue weighted by Gasteiger charge is -2.14. The van der Waals surface area contributed by atoms with Crippen molar-refractivity contribution in [2.45, 2.75) is 25.1 Å². The summed E-state index contributed by atoms with van der Waals surface area (Å²) in [5.74, 6) is -0.187. The molecule has 1 aromatic carbocycles. The van der Waals surface area contributed by atoms with Crippen molar-refractivity contribution < 1.29 is 9.53 Å². The van der Waals surface area contributed by atoms with Gasteiger partial charge in [0.25, 0.3) is 0 Å². The quantitative estimate of drug-likeness (QED) is 0.586. The molecule has 0 aliphatic rings. The Hall–Kier alpha value is -1.22. The predicted molar refractivity (Wildman–Crippen MR) is 75.2 cm³/mol. The molecule has 4 heteroatoms. The third kappa shape index (κ3) is 4.57. The molecule has 1 atom stereocenters. The van der Waals surface area contributed by atoms with Crippen LogP contribution in [0.4, 0.5) is 5.69 Å². The molecule has 0 fully saturated rings. The van der Waals surface area contributed by atoms with E-state index in [0.29, 0.717) is 19.4 Å². The maximum atomic E-state index is 11.2. The Morgan fingerprint density at radius 2 is 1.94 bits per heavy atom. The second-order valence-electron chi connectivity index (χ2n) is 4.30. The van der Waals surface area contributed by atoms with Gasteiger partial charge in [0.15, 0.2) is 0 Å². The fourth-order valence-electron chi connectivity index (χ4n) is 1.63. The van der Waals surface area contributed by atoms with Crippen molar-refractivity contribution in [2.24, 2.45) is 0 Å². The van der Waals surface area contributed by atoms with Gasteiger partial charge in [0.05, 0.1) is 12.0 Å². The zero-order valence-electron chi connectivity index (χ0n) is 11.1. The van der Waals surface area contributed by atoms with Gasteiger partial charge in [-0.2, -0.15) is 0 Å². The zero-order valence-corrected chi connectivity index (χ0v) is 11.9. The molecule has 0 amide bonds. The minimum Gasteiger partial charge on any atom is -0.466 e. The monoisotopic (exact) mass is 269 g/mol. The van der Waals surface area contributed by atoms with Crippen molar-refractivity contribution in [3.63, 3.8) is 0 Å². The van der Waals surface area contributed by atoms with E-state index in [0.717, 1.165) is 11.3 Å². The molecule has 0 saturated heterocycles. The molecule has 0 aliphatic carbocycles. The Balaban J connectivity index is 2.51. The summed E-state index contributed by atoms with van der Waals surface area (Å²) in [5.41, 5.74) is 2.17. The molecule has 0 saturated carbocycles. The molecule has 0 heterocycles. The standard InChI is InChI=1S/C14H20ClNO2/c1-4-18-14(17)10-9-13(15)11-5-7-12(8-6-11)16(2)3/h5-8,13H,4,9-10H2,1-3H3. The normalized spacial score (nSPS) is 12.0. The van der Waals surface area contributed by atoms with Crippen LogP contribution in [0.15, 0.2) is 24.3 Å². The Morgan fingerprint density at radius 3 is 2.44 bits per heavy atom. The second-order valence-corrected chi connectivity index (χ2v) is 4.82. The number of hydrogen-bond acceptors (Lipinski definition) is 3. The Labute approximate surface area is 114 Å². The van der Waals surface area contributed by atoms with Crippen molar-refractivity contribution in [3.8, 4) is 0 Å². The average Bonchev–Trinajstić information content (AvgIpc) is 2.36. The average molecular weight is 270 g/mol. The molecule has 1 rings (SSSR count). The number of benzene rings is 1. The Kier molecular flexibility index (Phi) is 5.99. The van der Waals surface area contributed by atoms with Crippen molar-refractivity contribution >= 4 is 23.3 Å². The summed E-state index contributed by atoms with van der Waals surface area (Å²) in [6, 6.07) is 8.04. The number of nitrogens with zero attached hydrogens (tertiary/aromatic N) is 1. The first-order valence-corrected chi connectivity index (χ1v) is 6.55. The fraction of sp³-hybridized carbons (Fsp3) is 0.500. The highest BCUT2D eigenvalue weighted by Gasteiger charge is 2.11.